The van der Waals surface area contributed by atoms with Crippen LogP contribution < -0.4 is 10.9 Å². The van der Waals surface area contributed by atoms with Crippen molar-refractivity contribution < 1.29 is 9.18 Å². The van der Waals surface area contributed by atoms with Crippen LogP contribution in [-0.2, 0) is 6.54 Å². The zero-order chi connectivity index (χ0) is 23.5. The number of nitrogens with one attached hydrogen (secondary N) is 2. The molecule has 0 saturated carbocycles. The van der Waals surface area contributed by atoms with E-state index in [-0.39, 0.29) is 16.4 Å². The molecule has 2 aromatic carbocycles. The molecule has 0 aliphatic rings. The normalized spacial score (nSPS) is 13.1. The monoisotopic (exact) mass is 466 g/mol. The van der Waals surface area contributed by atoms with Crippen LogP contribution in [0.5, 0.6) is 0 Å². The molecule has 2 heterocycles. The van der Waals surface area contributed by atoms with Gasteiger partial charge in [-0.15, -0.1) is 10.2 Å². The zero-order valence-corrected chi connectivity index (χ0v) is 19.2. The van der Waals surface area contributed by atoms with Crippen molar-refractivity contribution >= 4 is 28.6 Å². The molecule has 4 aromatic rings. The number of fused-ring (bicyclic) bond motifs is 1. The molecule has 0 aliphatic carbocycles. The largest absolute Gasteiger partial charge is 0.342 e. The fourth-order valence-corrected chi connectivity index (χ4v) is 4.48. The number of halogens is 1. The number of hydrogen-bond donors (Lipinski definition) is 2. The fraction of sp³-hybridized carbons (Fsp3) is 0.261. The average molecular weight is 467 g/mol. The summed E-state index contributed by atoms with van der Waals surface area (Å²) in [6, 6.07) is 12.5. The Kier molecular flexibility index (Phi) is 6.55. The van der Waals surface area contributed by atoms with Gasteiger partial charge in [-0.05, 0) is 45.0 Å². The smallest absolute Gasteiger partial charge is 0.258 e. The molecule has 4 rings (SSSR count). The van der Waals surface area contributed by atoms with Gasteiger partial charge in [0.1, 0.15) is 11.6 Å². The second kappa shape index (κ2) is 9.53. The molecule has 33 heavy (non-hydrogen) atoms. The first kappa shape index (κ1) is 22.7. The fourth-order valence-electron chi connectivity index (χ4n) is 3.50. The van der Waals surface area contributed by atoms with Gasteiger partial charge in [0.05, 0.1) is 27.8 Å². The molecule has 170 valence electrons. The van der Waals surface area contributed by atoms with Crippen molar-refractivity contribution in [2.45, 2.75) is 43.8 Å². The predicted octanol–water partition coefficient (Wildman–Crippen LogP) is 4.02. The lowest BCUT2D eigenvalue weighted by Gasteiger charge is -2.16. The number of amides is 1. The number of para-hydroxylation sites is 1. The van der Waals surface area contributed by atoms with Gasteiger partial charge in [-0.3, -0.25) is 9.59 Å². The number of benzene rings is 2. The van der Waals surface area contributed by atoms with E-state index in [9.17, 15) is 14.0 Å². The minimum absolute atomic E-state index is 0.0264. The van der Waals surface area contributed by atoms with Crippen LogP contribution in [0.15, 0.2) is 58.5 Å². The lowest BCUT2D eigenvalue weighted by Crippen LogP contribution is -2.29. The highest BCUT2D eigenvalue weighted by Crippen LogP contribution is 2.33. The summed E-state index contributed by atoms with van der Waals surface area (Å²) in [6.45, 7) is 6.22. The molecule has 0 spiro atoms. The molecule has 2 aromatic heterocycles. The van der Waals surface area contributed by atoms with Crippen molar-refractivity contribution in [1.29, 1.82) is 0 Å². The van der Waals surface area contributed by atoms with E-state index >= 15 is 0 Å². The number of thioether (sulfide) groups is 1. The number of carbonyl (C=O) groups is 1. The molecule has 0 fully saturated rings. The maximum atomic E-state index is 13.9. The Labute approximate surface area is 193 Å². The van der Waals surface area contributed by atoms with Gasteiger partial charge < -0.3 is 14.9 Å². The van der Waals surface area contributed by atoms with Gasteiger partial charge in [0, 0.05) is 6.54 Å². The third-order valence-electron chi connectivity index (χ3n) is 5.21. The third-order valence-corrected chi connectivity index (χ3v) is 6.30. The first-order valence-electron chi connectivity index (χ1n) is 10.5. The van der Waals surface area contributed by atoms with E-state index < -0.39 is 17.8 Å². The summed E-state index contributed by atoms with van der Waals surface area (Å²) in [5, 5.41) is 12.3. The van der Waals surface area contributed by atoms with Gasteiger partial charge in [-0.1, -0.05) is 36.0 Å². The average Bonchev–Trinajstić information content (AvgIpc) is 3.21. The van der Waals surface area contributed by atoms with Crippen LogP contribution in [0, 0.1) is 5.82 Å². The summed E-state index contributed by atoms with van der Waals surface area (Å²) in [4.78, 5) is 32.3. The summed E-state index contributed by atoms with van der Waals surface area (Å²) in [6.07, 6.45) is 0. The summed E-state index contributed by atoms with van der Waals surface area (Å²) in [5.41, 5.74) is 0.414. The third kappa shape index (κ3) is 4.65. The molecule has 8 nitrogen and oxygen atoms in total. The molecule has 0 unspecified atom stereocenters. The highest BCUT2D eigenvalue weighted by atomic mass is 32.2. The highest BCUT2D eigenvalue weighted by molar-refractivity contribution is 7.99. The van der Waals surface area contributed by atoms with Crippen LogP contribution in [0.4, 0.5) is 4.39 Å². The van der Waals surface area contributed by atoms with Gasteiger partial charge in [0.2, 0.25) is 0 Å². The molecule has 0 bridgehead atoms. The molecule has 2 atom stereocenters. The Morgan fingerprint density at radius 2 is 1.88 bits per heavy atom. The SMILES string of the molecule is CCn1c(S[C@@H](C)c2nc3ccccc3c(=O)[nH]2)nnc1[C@@H](C)NC(=O)c1ccccc1F. The summed E-state index contributed by atoms with van der Waals surface area (Å²) in [5.74, 6) is -0.0125. The minimum atomic E-state index is -0.582. The van der Waals surface area contributed by atoms with Gasteiger partial charge in [-0.25, -0.2) is 9.37 Å². The van der Waals surface area contributed by atoms with Crippen LogP contribution in [-0.4, -0.2) is 30.6 Å². The van der Waals surface area contributed by atoms with Crippen LogP contribution in [0.1, 0.15) is 54.1 Å². The zero-order valence-electron chi connectivity index (χ0n) is 18.4. The quantitative estimate of drug-likeness (QED) is 0.399. The van der Waals surface area contributed by atoms with Gasteiger partial charge in [-0.2, -0.15) is 0 Å². The Balaban J connectivity index is 1.54. The van der Waals surface area contributed by atoms with Crippen molar-refractivity contribution in [2.75, 3.05) is 0 Å². The number of nitrogens with zero attached hydrogens (tertiary/aromatic N) is 4. The van der Waals surface area contributed by atoms with E-state index in [0.29, 0.717) is 34.3 Å². The number of H-pyrrole nitrogens is 1. The summed E-state index contributed by atoms with van der Waals surface area (Å²) < 4.78 is 15.8. The van der Waals surface area contributed by atoms with Gasteiger partial charge >= 0.3 is 0 Å². The molecular weight excluding hydrogens is 443 g/mol. The lowest BCUT2D eigenvalue weighted by atomic mass is 10.2. The Morgan fingerprint density at radius 1 is 1.15 bits per heavy atom. The van der Waals surface area contributed by atoms with Crippen LogP contribution in [0.2, 0.25) is 0 Å². The number of aromatic nitrogens is 5. The van der Waals surface area contributed by atoms with Crippen molar-refractivity contribution in [2.24, 2.45) is 0 Å². The van der Waals surface area contributed by atoms with E-state index in [1.54, 1.807) is 31.2 Å². The molecule has 0 saturated heterocycles. The maximum absolute atomic E-state index is 13.9. The Bertz CT molecular complexity index is 1370. The van der Waals surface area contributed by atoms with Crippen molar-refractivity contribution in [1.82, 2.24) is 30.0 Å². The standard InChI is InChI=1S/C23H23FN6O2S/c1-4-30-20(13(2)25-21(31)15-9-5-7-11-17(15)24)28-29-23(30)33-14(3)19-26-18-12-8-6-10-16(18)22(32)27-19/h5-14H,4H2,1-3H3,(H,25,31)(H,26,27,32)/t13-,14+/m1/s1. The van der Waals surface area contributed by atoms with Crippen molar-refractivity contribution in [3.05, 3.63) is 81.9 Å². The topological polar surface area (TPSA) is 106 Å². The van der Waals surface area contributed by atoms with E-state index in [2.05, 4.69) is 25.5 Å². The van der Waals surface area contributed by atoms with E-state index in [0.717, 1.165) is 0 Å². The first-order chi connectivity index (χ1) is 15.9. The Hall–Kier alpha value is -3.53. The molecule has 0 aliphatic heterocycles. The number of hydrogen-bond acceptors (Lipinski definition) is 6. The first-order valence-corrected chi connectivity index (χ1v) is 11.4. The van der Waals surface area contributed by atoms with Crippen LogP contribution in [0.25, 0.3) is 10.9 Å². The maximum Gasteiger partial charge on any atom is 0.258 e. The molecule has 2 N–H and O–H groups in total. The second-order valence-corrected chi connectivity index (χ2v) is 8.80. The Morgan fingerprint density at radius 3 is 2.64 bits per heavy atom. The van der Waals surface area contributed by atoms with Crippen LogP contribution >= 0.6 is 11.8 Å². The summed E-state index contributed by atoms with van der Waals surface area (Å²) >= 11 is 1.41. The lowest BCUT2D eigenvalue weighted by molar-refractivity contribution is 0.0933. The molecule has 0 radical (unpaired) electrons. The molecular formula is C23H23FN6O2S. The van der Waals surface area contributed by atoms with Gasteiger partial charge in [0.15, 0.2) is 11.0 Å². The van der Waals surface area contributed by atoms with Crippen molar-refractivity contribution in [3.8, 4) is 0 Å². The van der Waals surface area contributed by atoms with E-state index in [1.165, 1.54) is 30.0 Å². The molecule has 10 heteroatoms. The van der Waals surface area contributed by atoms with Crippen LogP contribution in [0.3, 0.4) is 0 Å². The number of carbonyl (C=O) groups excluding carboxylic acids is 1. The number of aromatic amines is 1. The summed E-state index contributed by atoms with van der Waals surface area (Å²) in [7, 11) is 0. The minimum Gasteiger partial charge on any atom is -0.342 e. The second-order valence-electron chi connectivity index (χ2n) is 7.49. The van der Waals surface area contributed by atoms with Gasteiger partial charge in [0.25, 0.3) is 11.5 Å². The molecule has 1 amide bonds. The number of rotatable bonds is 7. The van der Waals surface area contributed by atoms with E-state index in [1.807, 2.05) is 24.5 Å². The van der Waals surface area contributed by atoms with Crippen molar-refractivity contribution in [3.63, 3.8) is 0 Å². The highest BCUT2D eigenvalue weighted by Gasteiger charge is 2.23. The predicted molar refractivity (Wildman–Crippen MR) is 125 cm³/mol. The van der Waals surface area contributed by atoms with E-state index in [4.69, 9.17) is 0 Å².